The summed E-state index contributed by atoms with van der Waals surface area (Å²) in [6.07, 6.45) is 0.828. The van der Waals surface area contributed by atoms with Crippen LogP contribution in [0.25, 0.3) is 0 Å². The summed E-state index contributed by atoms with van der Waals surface area (Å²) >= 11 is 5.89. The molecular weight excluding hydrogens is 384 g/mol. The van der Waals surface area contributed by atoms with Crippen molar-refractivity contribution in [3.05, 3.63) is 58.6 Å². The van der Waals surface area contributed by atoms with Gasteiger partial charge >= 0.3 is 11.9 Å². The maximum atomic E-state index is 11.9. The molecule has 2 aromatic carbocycles. The molecule has 2 aromatic rings. The van der Waals surface area contributed by atoms with E-state index < -0.39 is 17.9 Å². The molecule has 0 unspecified atom stereocenters. The van der Waals surface area contributed by atoms with E-state index in [0.29, 0.717) is 29.5 Å². The van der Waals surface area contributed by atoms with Crippen molar-refractivity contribution in [1.29, 1.82) is 0 Å². The van der Waals surface area contributed by atoms with Crippen LogP contribution in [-0.4, -0.2) is 39.9 Å². The van der Waals surface area contributed by atoms with Crippen LogP contribution in [0.3, 0.4) is 0 Å². The molecule has 28 heavy (non-hydrogen) atoms. The predicted octanol–water partition coefficient (Wildman–Crippen LogP) is 3.47. The fourth-order valence-electron chi connectivity index (χ4n) is 2.67. The molecule has 0 N–H and O–H groups in total. The molecule has 0 saturated carbocycles. The van der Waals surface area contributed by atoms with Gasteiger partial charge in [-0.2, -0.15) is 0 Å². The van der Waals surface area contributed by atoms with E-state index in [9.17, 15) is 9.59 Å². The molecule has 0 aliphatic rings. The number of hydrogen-bond donors (Lipinski definition) is 0. The third-order valence-corrected chi connectivity index (χ3v) is 4.45. The zero-order valence-corrected chi connectivity index (χ0v) is 16.8. The maximum Gasteiger partial charge on any atom is 0.320 e. The van der Waals surface area contributed by atoms with Crippen LogP contribution in [0, 0.1) is 5.92 Å². The zero-order chi connectivity index (χ0) is 20.5. The van der Waals surface area contributed by atoms with Crippen LogP contribution >= 0.6 is 11.6 Å². The Morgan fingerprint density at radius 1 is 0.893 bits per heavy atom. The third kappa shape index (κ3) is 5.89. The van der Waals surface area contributed by atoms with Crippen molar-refractivity contribution in [2.24, 2.45) is 5.92 Å². The van der Waals surface area contributed by atoms with E-state index in [1.165, 1.54) is 14.2 Å². The normalized spacial score (nSPS) is 10.5. The second-order valence-corrected chi connectivity index (χ2v) is 6.45. The van der Waals surface area contributed by atoms with Crippen LogP contribution in [0.4, 0.5) is 0 Å². The average molecular weight is 407 g/mol. The highest BCUT2D eigenvalue weighted by molar-refractivity contribution is 6.30. The van der Waals surface area contributed by atoms with Crippen molar-refractivity contribution >= 4 is 23.5 Å². The van der Waals surface area contributed by atoms with E-state index in [4.69, 9.17) is 30.5 Å². The summed E-state index contributed by atoms with van der Waals surface area (Å²) in [6, 6.07) is 12.8. The molecule has 0 fully saturated rings. The first-order valence-corrected chi connectivity index (χ1v) is 9.06. The van der Waals surface area contributed by atoms with Crippen LogP contribution in [0.1, 0.15) is 11.1 Å². The fourth-order valence-corrected chi connectivity index (χ4v) is 2.80. The van der Waals surface area contributed by atoms with Gasteiger partial charge in [-0.1, -0.05) is 29.8 Å². The summed E-state index contributed by atoms with van der Waals surface area (Å²) in [6.45, 7) is 0.429. The molecule has 0 amide bonds. The lowest BCUT2D eigenvalue weighted by atomic mass is 9.99. The lowest BCUT2D eigenvalue weighted by Gasteiger charge is -2.15. The van der Waals surface area contributed by atoms with Crippen molar-refractivity contribution in [1.82, 2.24) is 0 Å². The minimum Gasteiger partial charge on any atom is -0.493 e. The van der Waals surface area contributed by atoms with Crippen molar-refractivity contribution in [2.75, 3.05) is 27.9 Å². The number of methoxy groups -OCH3 is 3. The second-order valence-electron chi connectivity index (χ2n) is 6.01. The number of rotatable bonds is 9. The fraction of sp³-hybridized carbons (Fsp3) is 0.333. The first-order chi connectivity index (χ1) is 13.5. The van der Waals surface area contributed by atoms with Crippen LogP contribution in [-0.2, 0) is 31.9 Å². The number of esters is 2. The van der Waals surface area contributed by atoms with Gasteiger partial charge in [-0.3, -0.25) is 9.59 Å². The molecule has 2 rings (SSSR count). The molecule has 0 aliphatic carbocycles. The smallest absolute Gasteiger partial charge is 0.320 e. The van der Waals surface area contributed by atoms with Gasteiger partial charge in [-0.05, 0) is 41.8 Å². The highest BCUT2D eigenvalue weighted by atomic mass is 35.5. The number of carbonyl (C=O) groups is 2. The molecule has 7 heteroatoms. The molecule has 0 spiro atoms. The third-order valence-electron chi connectivity index (χ3n) is 4.20. The first-order valence-electron chi connectivity index (χ1n) is 8.68. The van der Waals surface area contributed by atoms with Gasteiger partial charge in [-0.15, -0.1) is 0 Å². The number of halogens is 1. The molecule has 0 heterocycles. The van der Waals surface area contributed by atoms with Crippen molar-refractivity contribution in [3.63, 3.8) is 0 Å². The number of benzene rings is 2. The molecule has 0 radical (unpaired) electrons. The Morgan fingerprint density at radius 3 is 2.07 bits per heavy atom. The van der Waals surface area contributed by atoms with Gasteiger partial charge in [0, 0.05) is 11.4 Å². The Bertz CT molecular complexity index is 787. The molecule has 0 aliphatic heterocycles. The maximum absolute atomic E-state index is 11.9. The molecule has 0 bridgehead atoms. The summed E-state index contributed by atoms with van der Waals surface area (Å²) in [4.78, 5) is 23.8. The Balaban J connectivity index is 2.10. The highest BCUT2D eigenvalue weighted by Crippen LogP contribution is 2.29. The van der Waals surface area contributed by atoms with E-state index >= 15 is 0 Å². The molecule has 6 nitrogen and oxygen atoms in total. The topological polar surface area (TPSA) is 71.1 Å². The quantitative estimate of drug-likeness (QED) is 0.469. The average Bonchev–Trinajstić information content (AvgIpc) is 2.72. The molecular formula is C21H23ClO6. The first kappa shape index (κ1) is 21.6. The van der Waals surface area contributed by atoms with Gasteiger partial charge < -0.3 is 18.9 Å². The Morgan fingerprint density at radius 2 is 1.50 bits per heavy atom. The van der Waals surface area contributed by atoms with Crippen LogP contribution in [0.5, 0.6) is 11.5 Å². The van der Waals surface area contributed by atoms with E-state index in [1.54, 1.807) is 25.3 Å². The SMILES string of the molecule is COC(=O)C(Cc1ccc(OC)c(OCCc2ccc(Cl)cc2)c1)C(=O)OC. The molecule has 0 aromatic heterocycles. The van der Waals surface area contributed by atoms with Gasteiger partial charge in [0.15, 0.2) is 17.4 Å². The van der Waals surface area contributed by atoms with Gasteiger partial charge in [0.1, 0.15) is 0 Å². The largest absolute Gasteiger partial charge is 0.493 e. The molecule has 150 valence electrons. The van der Waals surface area contributed by atoms with E-state index in [0.717, 1.165) is 11.1 Å². The standard InChI is InChI=1S/C21H23ClO6/c1-25-18-9-6-15(12-17(20(23)26-2)21(24)27-3)13-19(18)28-11-10-14-4-7-16(22)8-5-14/h4-9,13,17H,10-12H2,1-3H3. The monoisotopic (exact) mass is 406 g/mol. The molecule has 0 saturated heterocycles. The van der Waals surface area contributed by atoms with Gasteiger partial charge in [0.25, 0.3) is 0 Å². The summed E-state index contributed by atoms with van der Waals surface area (Å²) < 4.78 is 20.6. The minimum atomic E-state index is -1.04. The van der Waals surface area contributed by atoms with Gasteiger partial charge in [-0.25, -0.2) is 0 Å². The lowest BCUT2D eigenvalue weighted by molar-refractivity contribution is -0.158. The highest BCUT2D eigenvalue weighted by Gasteiger charge is 2.29. The van der Waals surface area contributed by atoms with Crippen molar-refractivity contribution < 1.29 is 28.5 Å². The second kappa shape index (κ2) is 10.6. The Hall–Kier alpha value is -2.73. The van der Waals surface area contributed by atoms with Crippen LogP contribution in [0.2, 0.25) is 5.02 Å². The van der Waals surface area contributed by atoms with Gasteiger partial charge in [0.05, 0.1) is 27.9 Å². The van der Waals surface area contributed by atoms with Crippen molar-refractivity contribution in [3.8, 4) is 11.5 Å². The van der Waals surface area contributed by atoms with Gasteiger partial charge in [0.2, 0.25) is 0 Å². The number of ether oxygens (including phenoxy) is 4. The molecule has 0 atom stereocenters. The predicted molar refractivity (Wildman–Crippen MR) is 105 cm³/mol. The Labute approximate surface area is 169 Å². The summed E-state index contributed by atoms with van der Waals surface area (Å²) in [5.41, 5.74) is 1.82. The zero-order valence-electron chi connectivity index (χ0n) is 16.1. The summed E-state index contributed by atoms with van der Waals surface area (Å²) in [7, 11) is 4.02. The Kier molecular flexibility index (Phi) is 8.14. The number of carbonyl (C=O) groups excluding carboxylic acids is 2. The summed E-state index contributed by atoms with van der Waals surface area (Å²) in [5, 5.41) is 0.685. The lowest BCUT2D eigenvalue weighted by Crippen LogP contribution is -2.28. The minimum absolute atomic E-state index is 0.136. The van der Waals surface area contributed by atoms with E-state index in [-0.39, 0.29) is 6.42 Å². The number of hydrogen-bond acceptors (Lipinski definition) is 6. The summed E-state index contributed by atoms with van der Waals surface area (Å²) in [5.74, 6) is -1.24. The van der Waals surface area contributed by atoms with E-state index in [1.807, 2.05) is 24.3 Å². The van der Waals surface area contributed by atoms with Crippen LogP contribution < -0.4 is 9.47 Å². The van der Waals surface area contributed by atoms with Crippen molar-refractivity contribution in [2.45, 2.75) is 12.8 Å². The van der Waals surface area contributed by atoms with E-state index in [2.05, 4.69) is 0 Å². The van der Waals surface area contributed by atoms with Crippen LogP contribution in [0.15, 0.2) is 42.5 Å².